The molecular formula is C15H22N2O3. The van der Waals surface area contributed by atoms with Gasteiger partial charge in [-0.15, -0.1) is 0 Å². The number of amides is 1. The second-order valence-electron chi connectivity index (χ2n) is 5.48. The molecule has 0 spiro atoms. The minimum Gasteiger partial charge on any atom is -0.387 e. The van der Waals surface area contributed by atoms with Crippen LogP contribution in [0.2, 0.25) is 0 Å². The molecule has 3 atom stereocenters. The standard InChI is InChI=1S/C15H22N2O3/c1-10-3-5-12(6-4-10)13(18)8-17-7-11(2)20-14(9-17)15(16)19/h3-6,11,13-14,18H,7-9H2,1-2H3,(H2,16,19)/t11-,13?,14?/m1/s1. The van der Waals surface area contributed by atoms with Crippen LogP contribution in [0.15, 0.2) is 24.3 Å². The lowest BCUT2D eigenvalue weighted by molar-refractivity contribution is -0.143. The highest BCUT2D eigenvalue weighted by atomic mass is 16.5. The number of aliphatic hydroxyl groups is 1. The summed E-state index contributed by atoms with van der Waals surface area (Å²) in [6.07, 6.45) is -1.23. The number of ether oxygens (including phenoxy) is 1. The smallest absolute Gasteiger partial charge is 0.247 e. The number of primary amides is 1. The Morgan fingerprint density at radius 3 is 2.70 bits per heavy atom. The minimum atomic E-state index is -0.594. The third-order valence-corrected chi connectivity index (χ3v) is 3.55. The van der Waals surface area contributed by atoms with Crippen LogP contribution >= 0.6 is 0 Å². The van der Waals surface area contributed by atoms with Crippen LogP contribution in [0, 0.1) is 6.92 Å². The van der Waals surface area contributed by atoms with E-state index in [1.54, 1.807) is 0 Å². The van der Waals surface area contributed by atoms with Gasteiger partial charge in [0.25, 0.3) is 0 Å². The van der Waals surface area contributed by atoms with Crippen LogP contribution in [0.1, 0.15) is 24.2 Å². The van der Waals surface area contributed by atoms with Gasteiger partial charge in [-0.1, -0.05) is 29.8 Å². The normalized spacial score (nSPS) is 25.4. The number of benzene rings is 1. The average molecular weight is 278 g/mol. The molecule has 3 N–H and O–H groups in total. The quantitative estimate of drug-likeness (QED) is 0.846. The second-order valence-corrected chi connectivity index (χ2v) is 5.48. The Balaban J connectivity index is 1.97. The molecule has 0 radical (unpaired) electrons. The molecule has 5 heteroatoms. The van der Waals surface area contributed by atoms with Crippen LogP contribution in [0.4, 0.5) is 0 Å². The molecular weight excluding hydrogens is 256 g/mol. The molecule has 110 valence electrons. The molecule has 20 heavy (non-hydrogen) atoms. The van der Waals surface area contributed by atoms with E-state index in [-0.39, 0.29) is 6.10 Å². The number of carbonyl (C=O) groups excluding carboxylic acids is 1. The number of nitrogens with two attached hydrogens (primary N) is 1. The summed E-state index contributed by atoms with van der Waals surface area (Å²) in [4.78, 5) is 13.3. The number of nitrogens with zero attached hydrogens (tertiary/aromatic N) is 1. The van der Waals surface area contributed by atoms with E-state index < -0.39 is 18.1 Å². The highest BCUT2D eigenvalue weighted by Crippen LogP contribution is 2.18. The first kappa shape index (κ1) is 15.0. The summed E-state index contributed by atoms with van der Waals surface area (Å²) in [5, 5.41) is 10.3. The van der Waals surface area contributed by atoms with Crippen LogP contribution in [-0.4, -0.2) is 47.8 Å². The van der Waals surface area contributed by atoms with Crippen LogP contribution in [-0.2, 0) is 9.53 Å². The monoisotopic (exact) mass is 278 g/mol. The van der Waals surface area contributed by atoms with E-state index in [9.17, 15) is 9.90 Å². The molecule has 1 aliphatic rings. The summed E-state index contributed by atoms with van der Waals surface area (Å²) in [5.74, 6) is -0.452. The van der Waals surface area contributed by atoms with Crippen molar-refractivity contribution in [2.24, 2.45) is 5.73 Å². The molecule has 1 heterocycles. The molecule has 0 aromatic heterocycles. The second kappa shape index (κ2) is 6.35. The van der Waals surface area contributed by atoms with E-state index in [1.165, 1.54) is 0 Å². The Hall–Kier alpha value is -1.43. The zero-order valence-electron chi connectivity index (χ0n) is 12.0. The van der Waals surface area contributed by atoms with E-state index in [0.29, 0.717) is 19.6 Å². The number of carbonyl (C=O) groups is 1. The van der Waals surface area contributed by atoms with Gasteiger partial charge in [0.2, 0.25) is 5.91 Å². The fraction of sp³-hybridized carbons (Fsp3) is 0.533. The van der Waals surface area contributed by atoms with Crippen molar-refractivity contribution in [1.82, 2.24) is 4.90 Å². The van der Waals surface area contributed by atoms with Crippen molar-refractivity contribution in [3.63, 3.8) is 0 Å². The first-order chi connectivity index (χ1) is 9.45. The molecule has 0 saturated carbocycles. The number of aliphatic hydroxyl groups excluding tert-OH is 1. The summed E-state index contributed by atoms with van der Waals surface area (Å²) in [6, 6.07) is 7.81. The number of rotatable bonds is 4. The average Bonchev–Trinajstić information content (AvgIpc) is 2.38. The summed E-state index contributed by atoms with van der Waals surface area (Å²) in [5.41, 5.74) is 7.34. The summed E-state index contributed by atoms with van der Waals surface area (Å²) in [6.45, 7) is 5.51. The Morgan fingerprint density at radius 2 is 2.10 bits per heavy atom. The van der Waals surface area contributed by atoms with Crippen molar-refractivity contribution in [3.8, 4) is 0 Å². The summed E-state index contributed by atoms with van der Waals surface area (Å²) >= 11 is 0. The largest absolute Gasteiger partial charge is 0.387 e. The number of hydrogen-bond donors (Lipinski definition) is 2. The predicted molar refractivity (Wildman–Crippen MR) is 76.1 cm³/mol. The van der Waals surface area contributed by atoms with Gasteiger partial charge in [0.15, 0.2) is 0 Å². The van der Waals surface area contributed by atoms with Gasteiger partial charge in [-0.3, -0.25) is 9.69 Å². The maximum atomic E-state index is 11.2. The van der Waals surface area contributed by atoms with Crippen molar-refractivity contribution in [2.75, 3.05) is 19.6 Å². The third kappa shape index (κ3) is 3.79. The Morgan fingerprint density at radius 1 is 1.45 bits per heavy atom. The lowest BCUT2D eigenvalue weighted by atomic mass is 10.1. The molecule has 0 aliphatic carbocycles. The van der Waals surface area contributed by atoms with E-state index in [2.05, 4.69) is 0 Å². The zero-order valence-corrected chi connectivity index (χ0v) is 12.0. The fourth-order valence-electron chi connectivity index (χ4n) is 2.48. The van der Waals surface area contributed by atoms with Gasteiger partial charge in [-0.2, -0.15) is 0 Å². The van der Waals surface area contributed by atoms with Gasteiger partial charge in [0.1, 0.15) is 6.10 Å². The first-order valence-electron chi connectivity index (χ1n) is 6.87. The van der Waals surface area contributed by atoms with Gasteiger partial charge in [0, 0.05) is 19.6 Å². The van der Waals surface area contributed by atoms with E-state index in [1.807, 2.05) is 43.0 Å². The molecule has 2 rings (SSSR count). The van der Waals surface area contributed by atoms with Gasteiger partial charge in [-0.25, -0.2) is 0 Å². The Bertz CT molecular complexity index is 461. The van der Waals surface area contributed by atoms with Crippen molar-refractivity contribution < 1.29 is 14.6 Å². The first-order valence-corrected chi connectivity index (χ1v) is 6.87. The third-order valence-electron chi connectivity index (χ3n) is 3.55. The molecule has 0 bridgehead atoms. The van der Waals surface area contributed by atoms with E-state index in [0.717, 1.165) is 11.1 Å². The van der Waals surface area contributed by atoms with Crippen LogP contribution in [0.5, 0.6) is 0 Å². The molecule has 1 saturated heterocycles. The van der Waals surface area contributed by atoms with E-state index in [4.69, 9.17) is 10.5 Å². The highest BCUT2D eigenvalue weighted by molar-refractivity contribution is 5.79. The van der Waals surface area contributed by atoms with Crippen LogP contribution < -0.4 is 5.73 Å². The van der Waals surface area contributed by atoms with Crippen molar-refractivity contribution in [3.05, 3.63) is 35.4 Å². The maximum Gasteiger partial charge on any atom is 0.247 e. The van der Waals surface area contributed by atoms with Crippen molar-refractivity contribution in [2.45, 2.75) is 32.2 Å². The lowest BCUT2D eigenvalue weighted by Gasteiger charge is -2.36. The molecule has 1 amide bonds. The number of hydrogen-bond acceptors (Lipinski definition) is 4. The van der Waals surface area contributed by atoms with Gasteiger partial charge in [-0.05, 0) is 19.4 Å². The molecule has 1 aliphatic heterocycles. The molecule has 1 aromatic rings. The maximum absolute atomic E-state index is 11.2. The number of β-amino-alcohol motifs (C(OH)–C–C–N with tert-alkyl or cyclic N) is 1. The van der Waals surface area contributed by atoms with Gasteiger partial charge < -0.3 is 15.6 Å². The topological polar surface area (TPSA) is 75.8 Å². The van der Waals surface area contributed by atoms with Crippen molar-refractivity contribution >= 4 is 5.91 Å². The SMILES string of the molecule is Cc1ccc(C(O)CN2CC(C(N)=O)O[C@H](C)C2)cc1. The highest BCUT2D eigenvalue weighted by Gasteiger charge is 2.29. The molecule has 1 fully saturated rings. The van der Waals surface area contributed by atoms with Gasteiger partial charge >= 0.3 is 0 Å². The van der Waals surface area contributed by atoms with E-state index >= 15 is 0 Å². The van der Waals surface area contributed by atoms with Crippen LogP contribution in [0.25, 0.3) is 0 Å². The molecule has 5 nitrogen and oxygen atoms in total. The van der Waals surface area contributed by atoms with Crippen LogP contribution in [0.3, 0.4) is 0 Å². The van der Waals surface area contributed by atoms with Gasteiger partial charge in [0.05, 0.1) is 12.2 Å². The minimum absolute atomic E-state index is 0.0635. The summed E-state index contributed by atoms with van der Waals surface area (Å²) in [7, 11) is 0. The number of morpholine rings is 1. The lowest BCUT2D eigenvalue weighted by Crippen LogP contribution is -2.52. The fourth-order valence-corrected chi connectivity index (χ4v) is 2.48. The molecule has 2 unspecified atom stereocenters. The van der Waals surface area contributed by atoms with Crippen molar-refractivity contribution in [1.29, 1.82) is 0 Å². The zero-order chi connectivity index (χ0) is 14.7. The Kier molecular flexibility index (Phi) is 4.75. The molecule has 1 aromatic carbocycles. The summed E-state index contributed by atoms with van der Waals surface area (Å²) < 4.78 is 5.48. The Labute approximate surface area is 119 Å². The number of aryl methyl sites for hydroxylation is 1. The predicted octanol–water partition coefficient (Wildman–Crippen LogP) is 0.603.